The van der Waals surface area contributed by atoms with Crippen molar-refractivity contribution in [3.63, 3.8) is 0 Å². The molecule has 0 amide bonds. The van der Waals surface area contributed by atoms with Crippen LogP contribution in [0.5, 0.6) is 0 Å². The zero-order chi connectivity index (χ0) is 11.3. The molecular formula is C13H13ClO. The van der Waals surface area contributed by atoms with Crippen LogP contribution in [0.15, 0.2) is 18.2 Å². The summed E-state index contributed by atoms with van der Waals surface area (Å²) in [6, 6.07) is 5.31. The van der Waals surface area contributed by atoms with Crippen LogP contribution in [0.1, 0.15) is 35.2 Å². The first-order valence-corrected chi connectivity index (χ1v) is 5.25. The normalized spacial score (nSPS) is 9.67. The van der Waals surface area contributed by atoms with E-state index in [9.17, 15) is 4.79 Å². The molecule has 1 rings (SSSR count). The first-order chi connectivity index (χ1) is 7.15. The summed E-state index contributed by atoms with van der Waals surface area (Å²) < 4.78 is 0. The molecule has 0 aromatic heterocycles. The van der Waals surface area contributed by atoms with Crippen LogP contribution in [0.25, 0.3) is 0 Å². The molecule has 0 bridgehead atoms. The van der Waals surface area contributed by atoms with Gasteiger partial charge >= 0.3 is 0 Å². The highest BCUT2D eigenvalue weighted by Gasteiger charge is 2.08. The number of rotatable bonds is 4. The Morgan fingerprint density at radius 3 is 2.87 bits per heavy atom. The van der Waals surface area contributed by atoms with Gasteiger partial charge in [0.25, 0.3) is 0 Å². The van der Waals surface area contributed by atoms with Gasteiger partial charge in [0.2, 0.25) is 0 Å². The Morgan fingerprint density at radius 1 is 1.53 bits per heavy atom. The van der Waals surface area contributed by atoms with Gasteiger partial charge in [0.1, 0.15) is 0 Å². The van der Waals surface area contributed by atoms with Crippen LogP contribution in [0.3, 0.4) is 0 Å². The van der Waals surface area contributed by atoms with Crippen molar-refractivity contribution in [3.05, 3.63) is 34.3 Å². The van der Waals surface area contributed by atoms with Crippen LogP contribution < -0.4 is 0 Å². The number of Topliss-reactive ketones (excluding diaryl/α,β-unsaturated/α-hetero) is 1. The molecule has 2 heteroatoms. The molecule has 1 nitrogen and oxygen atoms in total. The smallest absolute Gasteiger partial charge is 0.163 e. The van der Waals surface area contributed by atoms with E-state index < -0.39 is 0 Å². The van der Waals surface area contributed by atoms with Crippen LogP contribution in [0.4, 0.5) is 0 Å². The lowest BCUT2D eigenvalue weighted by Gasteiger charge is -2.04. The molecule has 0 unspecified atom stereocenters. The first kappa shape index (κ1) is 11.8. The number of halogens is 1. The highest BCUT2D eigenvalue weighted by atomic mass is 35.5. The summed E-state index contributed by atoms with van der Waals surface area (Å²) in [6.07, 6.45) is 7.03. The fraction of sp³-hybridized carbons (Fsp3) is 0.308. The zero-order valence-electron chi connectivity index (χ0n) is 8.72. The molecule has 0 N–H and O–H groups in total. The van der Waals surface area contributed by atoms with Gasteiger partial charge in [-0.3, -0.25) is 4.79 Å². The summed E-state index contributed by atoms with van der Waals surface area (Å²) in [7, 11) is 0. The third-order valence-electron chi connectivity index (χ3n) is 2.21. The summed E-state index contributed by atoms with van der Waals surface area (Å²) in [5.74, 6) is 2.66. The molecule has 0 saturated heterocycles. The van der Waals surface area contributed by atoms with Crippen molar-refractivity contribution in [2.75, 3.05) is 0 Å². The number of terminal acetylenes is 1. The fourth-order valence-corrected chi connectivity index (χ4v) is 1.65. The number of hydrogen-bond acceptors (Lipinski definition) is 1. The van der Waals surface area contributed by atoms with E-state index in [1.54, 1.807) is 18.2 Å². The maximum Gasteiger partial charge on any atom is 0.163 e. The number of unbranched alkanes of at least 4 members (excludes halogenated alkanes) is 1. The summed E-state index contributed by atoms with van der Waals surface area (Å²) >= 11 is 5.81. The van der Waals surface area contributed by atoms with E-state index in [1.165, 1.54) is 0 Å². The van der Waals surface area contributed by atoms with Gasteiger partial charge in [-0.05, 0) is 37.1 Å². The highest BCUT2D eigenvalue weighted by molar-refractivity contribution is 6.30. The second-order valence-electron chi connectivity index (χ2n) is 3.44. The summed E-state index contributed by atoms with van der Waals surface area (Å²) in [4.78, 5) is 11.7. The molecule has 15 heavy (non-hydrogen) atoms. The van der Waals surface area contributed by atoms with Crippen LogP contribution in [0, 0.1) is 19.3 Å². The molecule has 0 aliphatic heterocycles. The average Bonchev–Trinajstić information content (AvgIpc) is 2.17. The minimum Gasteiger partial charge on any atom is -0.294 e. The van der Waals surface area contributed by atoms with Crippen molar-refractivity contribution in [1.29, 1.82) is 0 Å². The molecule has 0 aliphatic carbocycles. The second-order valence-corrected chi connectivity index (χ2v) is 3.88. The topological polar surface area (TPSA) is 17.1 Å². The second kappa shape index (κ2) is 5.58. The van der Waals surface area contributed by atoms with Crippen LogP contribution in [-0.2, 0) is 0 Å². The quantitative estimate of drug-likeness (QED) is 0.430. The Labute approximate surface area is 95.5 Å². The van der Waals surface area contributed by atoms with Crippen LogP contribution in [-0.4, -0.2) is 5.78 Å². The van der Waals surface area contributed by atoms with Crippen molar-refractivity contribution in [3.8, 4) is 12.3 Å². The van der Waals surface area contributed by atoms with E-state index in [0.29, 0.717) is 17.9 Å². The Balaban J connectivity index is 2.70. The van der Waals surface area contributed by atoms with Gasteiger partial charge in [-0.15, -0.1) is 12.3 Å². The molecule has 1 aromatic rings. The molecule has 0 spiro atoms. The number of hydrogen-bond donors (Lipinski definition) is 0. The van der Waals surface area contributed by atoms with Crippen molar-refractivity contribution in [2.45, 2.75) is 26.2 Å². The minimum atomic E-state index is 0.138. The van der Waals surface area contributed by atoms with Gasteiger partial charge in [0, 0.05) is 23.4 Å². The minimum absolute atomic E-state index is 0.138. The fourth-order valence-electron chi connectivity index (χ4n) is 1.43. The van der Waals surface area contributed by atoms with E-state index in [-0.39, 0.29) is 5.78 Å². The predicted octanol–water partition coefficient (Wildman–Crippen LogP) is 3.63. The number of benzene rings is 1. The van der Waals surface area contributed by atoms with Crippen molar-refractivity contribution >= 4 is 17.4 Å². The lowest BCUT2D eigenvalue weighted by atomic mass is 10.0. The monoisotopic (exact) mass is 220 g/mol. The molecule has 0 saturated carbocycles. The number of carbonyl (C=O) groups is 1. The van der Waals surface area contributed by atoms with Gasteiger partial charge in [-0.1, -0.05) is 11.6 Å². The molecule has 0 atom stereocenters. The summed E-state index contributed by atoms with van der Waals surface area (Å²) in [6.45, 7) is 1.89. The Kier molecular flexibility index (Phi) is 4.39. The third kappa shape index (κ3) is 3.42. The van der Waals surface area contributed by atoms with E-state index >= 15 is 0 Å². The Hall–Kier alpha value is -1.26. The Bertz CT molecular complexity index is 401. The largest absolute Gasteiger partial charge is 0.294 e. The van der Waals surface area contributed by atoms with E-state index in [2.05, 4.69) is 5.92 Å². The number of aryl methyl sites for hydroxylation is 1. The van der Waals surface area contributed by atoms with Crippen LogP contribution >= 0.6 is 11.6 Å². The molecular weight excluding hydrogens is 208 g/mol. The predicted molar refractivity (Wildman–Crippen MR) is 63.2 cm³/mol. The lowest BCUT2D eigenvalue weighted by molar-refractivity contribution is 0.0980. The molecule has 78 valence electrons. The SMILES string of the molecule is C#CCCCC(=O)c1ccc(Cl)cc1C. The maximum atomic E-state index is 11.7. The molecule has 0 radical (unpaired) electrons. The first-order valence-electron chi connectivity index (χ1n) is 4.88. The third-order valence-corrected chi connectivity index (χ3v) is 2.45. The van der Waals surface area contributed by atoms with Gasteiger partial charge in [0.15, 0.2) is 5.78 Å². The molecule has 0 aliphatic rings. The van der Waals surface area contributed by atoms with E-state index in [1.807, 2.05) is 6.92 Å². The molecule has 1 aromatic carbocycles. The molecule has 0 heterocycles. The van der Waals surface area contributed by atoms with E-state index in [4.69, 9.17) is 18.0 Å². The average molecular weight is 221 g/mol. The standard InChI is InChI=1S/C13H13ClO/c1-3-4-5-6-13(15)12-8-7-11(14)9-10(12)2/h1,7-9H,4-6H2,2H3. The van der Waals surface area contributed by atoms with Gasteiger partial charge < -0.3 is 0 Å². The number of carbonyl (C=O) groups excluding carboxylic acids is 1. The van der Waals surface area contributed by atoms with Crippen molar-refractivity contribution in [2.24, 2.45) is 0 Å². The number of ketones is 1. The molecule has 0 fully saturated rings. The van der Waals surface area contributed by atoms with Gasteiger partial charge in [-0.25, -0.2) is 0 Å². The summed E-state index contributed by atoms with van der Waals surface area (Å²) in [5, 5.41) is 0.660. The highest BCUT2D eigenvalue weighted by Crippen LogP contribution is 2.17. The van der Waals surface area contributed by atoms with Crippen molar-refractivity contribution in [1.82, 2.24) is 0 Å². The van der Waals surface area contributed by atoms with Crippen LogP contribution in [0.2, 0.25) is 5.02 Å². The lowest BCUT2D eigenvalue weighted by Crippen LogP contribution is -2.01. The van der Waals surface area contributed by atoms with Crippen molar-refractivity contribution < 1.29 is 4.79 Å². The zero-order valence-corrected chi connectivity index (χ0v) is 9.47. The summed E-state index contributed by atoms with van der Waals surface area (Å²) in [5.41, 5.74) is 1.67. The van der Waals surface area contributed by atoms with Gasteiger partial charge in [0.05, 0.1) is 0 Å². The Morgan fingerprint density at radius 2 is 2.27 bits per heavy atom. The maximum absolute atomic E-state index is 11.7. The van der Waals surface area contributed by atoms with E-state index in [0.717, 1.165) is 17.5 Å². The van der Waals surface area contributed by atoms with Gasteiger partial charge in [-0.2, -0.15) is 0 Å².